The Hall–Kier alpha value is -2.05. The number of benzene rings is 2. The zero-order chi connectivity index (χ0) is 13.1. The summed E-state index contributed by atoms with van der Waals surface area (Å²) in [4.78, 5) is 0. The first kappa shape index (κ1) is 12.0. The van der Waals surface area contributed by atoms with Gasteiger partial charge in [-0.15, -0.1) is 0 Å². The zero-order valence-corrected chi connectivity index (χ0v) is 10.6. The molecule has 0 spiro atoms. The lowest BCUT2D eigenvalue weighted by Crippen LogP contribution is -2.24. The van der Waals surface area contributed by atoms with Crippen molar-refractivity contribution < 1.29 is 9.47 Å². The Morgan fingerprint density at radius 1 is 1.11 bits per heavy atom. The van der Waals surface area contributed by atoms with Crippen LogP contribution in [-0.2, 0) is 4.74 Å². The molecule has 0 radical (unpaired) electrons. The van der Waals surface area contributed by atoms with Crippen molar-refractivity contribution in [1.82, 2.24) is 0 Å². The number of nitrogens with zero attached hydrogens (tertiary/aromatic N) is 1. The topological polar surface area (TPSA) is 42.2 Å². The van der Waals surface area contributed by atoms with E-state index in [1.165, 1.54) is 0 Å². The molecule has 0 saturated carbocycles. The number of nitriles is 1. The van der Waals surface area contributed by atoms with Crippen LogP contribution in [0.25, 0.3) is 10.8 Å². The molecule has 0 aliphatic carbocycles. The highest BCUT2D eigenvalue weighted by molar-refractivity contribution is 5.85. The van der Waals surface area contributed by atoms with Crippen LogP contribution in [0.5, 0.6) is 5.75 Å². The molecule has 0 amide bonds. The predicted octanol–water partition coefficient (Wildman–Crippen LogP) is 3.62. The van der Waals surface area contributed by atoms with E-state index in [4.69, 9.17) is 14.7 Å². The summed E-state index contributed by atoms with van der Waals surface area (Å²) in [6.45, 7) is 0.782. The molecule has 1 aliphatic rings. The smallest absolute Gasteiger partial charge is 0.199 e. The Morgan fingerprint density at radius 3 is 2.74 bits per heavy atom. The van der Waals surface area contributed by atoms with Gasteiger partial charge in [-0.3, -0.25) is 0 Å². The van der Waals surface area contributed by atoms with Crippen molar-refractivity contribution in [3.63, 3.8) is 0 Å². The molecule has 1 fully saturated rings. The van der Waals surface area contributed by atoms with Crippen LogP contribution in [0.1, 0.15) is 24.8 Å². The van der Waals surface area contributed by atoms with E-state index in [0.29, 0.717) is 5.56 Å². The fourth-order valence-electron chi connectivity index (χ4n) is 2.32. The minimum Gasteiger partial charge on any atom is -0.465 e. The van der Waals surface area contributed by atoms with E-state index in [-0.39, 0.29) is 6.29 Å². The Kier molecular flexibility index (Phi) is 3.35. The summed E-state index contributed by atoms with van der Waals surface area (Å²) in [7, 11) is 0. The van der Waals surface area contributed by atoms with E-state index >= 15 is 0 Å². The maximum absolute atomic E-state index is 8.88. The van der Waals surface area contributed by atoms with Gasteiger partial charge in [0.1, 0.15) is 5.75 Å². The highest BCUT2D eigenvalue weighted by atomic mass is 16.7. The molecule has 3 heteroatoms. The molecule has 1 saturated heterocycles. The van der Waals surface area contributed by atoms with E-state index in [1.807, 2.05) is 36.4 Å². The largest absolute Gasteiger partial charge is 0.465 e. The minimum atomic E-state index is -0.121. The Morgan fingerprint density at radius 2 is 1.95 bits per heavy atom. The molecule has 19 heavy (non-hydrogen) atoms. The number of fused-ring (bicyclic) bond motifs is 1. The average molecular weight is 253 g/mol. The third-order valence-electron chi connectivity index (χ3n) is 3.35. The Balaban J connectivity index is 1.83. The molecule has 2 aromatic rings. The normalized spacial score (nSPS) is 19.0. The highest BCUT2D eigenvalue weighted by Gasteiger charge is 2.15. The zero-order valence-electron chi connectivity index (χ0n) is 10.6. The predicted molar refractivity (Wildman–Crippen MR) is 72.9 cm³/mol. The molecule has 1 aliphatic heterocycles. The Labute approximate surface area is 112 Å². The second-order valence-corrected chi connectivity index (χ2v) is 4.75. The van der Waals surface area contributed by atoms with Gasteiger partial charge >= 0.3 is 0 Å². The van der Waals surface area contributed by atoms with Crippen LogP contribution in [0.4, 0.5) is 0 Å². The van der Waals surface area contributed by atoms with Gasteiger partial charge in [-0.2, -0.15) is 5.26 Å². The first-order valence-electron chi connectivity index (χ1n) is 6.57. The molecule has 1 atom stereocenters. The lowest BCUT2D eigenvalue weighted by atomic mass is 10.1. The minimum absolute atomic E-state index is 0.121. The quantitative estimate of drug-likeness (QED) is 0.821. The van der Waals surface area contributed by atoms with Gasteiger partial charge in [0.05, 0.1) is 18.2 Å². The summed E-state index contributed by atoms with van der Waals surface area (Å²) in [5, 5.41) is 11.0. The molecule has 96 valence electrons. The van der Waals surface area contributed by atoms with Gasteiger partial charge in [0.2, 0.25) is 0 Å². The van der Waals surface area contributed by atoms with E-state index < -0.39 is 0 Å². The van der Waals surface area contributed by atoms with Crippen molar-refractivity contribution in [3.05, 3.63) is 42.0 Å². The van der Waals surface area contributed by atoms with Gasteiger partial charge in [0, 0.05) is 6.42 Å². The van der Waals surface area contributed by atoms with Gasteiger partial charge in [-0.1, -0.05) is 12.1 Å². The number of rotatable bonds is 2. The van der Waals surface area contributed by atoms with E-state index in [1.54, 1.807) is 0 Å². The molecular weight excluding hydrogens is 238 g/mol. The average Bonchev–Trinajstić information content (AvgIpc) is 2.48. The van der Waals surface area contributed by atoms with E-state index in [2.05, 4.69) is 6.07 Å². The van der Waals surface area contributed by atoms with Crippen molar-refractivity contribution in [1.29, 1.82) is 5.26 Å². The maximum atomic E-state index is 8.88. The monoisotopic (exact) mass is 253 g/mol. The summed E-state index contributed by atoms with van der Waals surface area (Å²) in [5.74, 6) is 0.823. The summed E-state index contributed by atoms with van der Waals surface area (Å²) < 4.78 is 11.4. The second-order valence-electron chi connectivity index (χ2n) is 4.75. The molecule has 2 aromatic carbocycles. The lowest BCUT2D eigenvalue weighted by molar-refractivity contribution is -0.105. The van der Waals surface area contributed by atoms with E-state index in [0.717, 1.165) is 42.4 Å². The molecule has 0 aromatic heterocycles. The first-order chi connectivity index (χ1) is 9.35. The lowest BCUT2D eigenvalue weighted by Gasteiger charge is -2.23. The van der Waals surface area contributed by atoms with Crippen molar-refractivity contribution in [2.24, 2.45) is 0 Å². The van der Waals surface area contributed by atoms with Crippen molar-refractivity contribution in [2.75, 3.05) is 6.61 Å². The van der Waals surface area contributed by atoms with Crippen LogP contribution >= 0.6 is 0 Å². The van der Waals surface area contributed by atoms with Crippen molar-refractivity contribution in [2.45, 2.75) is 25.6 Å². The summed E-state index contributed by atoms with van der Waals surface area (Å²) >= 11 is 0. The first-order valence-corrected chi connectivity index (χ1v) is 6.57. The van der Waals surface area contributed by atoms with E-state index in [9.17, 15) is 0 Å². The third-order valence-corrected chi connectivity index (χ3v) is 3.35. The molecule has 0 bridgehead atoms. The van der Waals surface area contributed by atoms with Crippen LogP contribution < -0.4 is 4.74 Å². The molecular formula is C16H15NO2. The third kappa shape index (κ3) is 2.69. The van der Waals surface area contributed by atoms with Crippen LogP contribution in [0.2, 0.25) is 0 Å². The van der Waals surface area contributed by atoms with Crippen LogP contribution in [0.3, 0.4) is 0 Å². The Bertz CT molecular complexity index is 624. The van der Waals surface area contributed by atoms with Gasteiger partial charge in [0.15, 0.2) is 6.29 Å². The fraction of sp³-hybridized carbons (Fsp3) is 0.312. The standard InChI is InChI=1S/C16H15NO2/c17-11-12-4-5-14-10-15(7-6-13(14)9-12)19-16-3-1-2-8-18-16/h4-7,9-10,16H,1-3,8H2. The summed E-state index contributed by atoms with van der Waals surface area (Å²) in [6.07, 6.45) is 3.11. The van der Waals surface area contributed by atoms with Crippen LogP contribution in [0.15, 0.2) is 36.4 Å². The summed E-state index contributed by atoms with van der Waals surface area (Å²) in [6, 6.07) is 13.7. The van der Waals surface area contributed by atoms with Gasteiger partial charge in [-0.05, 0) is 47.9 Å². The number of ether oxygens (including phenoxy) is 2. The van der Waals surface area contributed by atoms with Crippen molar-refractivity contribution in [3.8, 4) is 11.8 Å². The van der Waals surface area contributed by atoms with Gasteiger partial charge in [0.25, 0.3) is 0 Å². The molecule has 3 rings (SSSR count). The van der Waals surface area contributed by atoms with Crippen LogP contribution in [-0.4, -0.2) is 12.9 Å². The number of hydrogen-bond acceptors (Lipinski definition) is 3. The molecule has 0 N–H and O–H groups in total. The summed E-state index contributed by atoms with van der Waals surface area (Å²) in [5.41, 5.74) is 0.678. The van der Waals surface area contributed by atoms with Gasteiger partial charge in [-0.25, -0.2) is 0 Å². The second kappa shape index (κ2) is 5.29. The fourth-order valence-corrected chi connectivity index (χ4v) is 2.32. The molecule has 1 unspecified atom stereocenters. The van der Waals surface area contributed by atoms with Gasteiger partial charge < -0.3 is 9.47 Å². The molecule has 1 heterocycles. The van der Waals surface area contributed by atoms with Crippen molar-refractivity contribution >= 4 is 10.8 Å². The highest BCUT2D eigenvalue weighted by Crippen LogP contribution is 2.24. The molecule has 3 nitrogen and oxygen atoms in total. The van der Waals surface area contributed by atoms with Crippen LogP contribution in [0, 0.1) is 11.3 Å². The SMILES string of the molecule is N#Cc1ccc2cc(OC3CCCCO3)ccc2c1. The maximum Gasteiger partial charge on any atom is 0.199 e. The number of hydrogen-bond donors (Lipinski definition) is 0.